The number of aromatic nitrogens is 1. The predicted octanol–water partition coefficient (Wildman–Crippen LogP) is 1.98. The zero-order valence-corrected chi connectivity index (χ0v) is 9.86. The van der Waals surface area contributed by atoms with E-state index < -0.39 is 29.2 Å². The molecule has 1 N–H and O–H groups in total. The molecule has 1 unspecified atom stereocenters. The van der Waals surface area contributed by atoms with Crippen LogP contribution in [0.4, 0.5) is 4.39 Å². The molecule has 0 spiro atoms. The Morgan fingerprint density at radius 3 is 2.78 bits per heavy atom. The molecule has 1 heterocycles. The Hall–Kier alpha value is -1.89. The van der Waals surface area contributed by atoms with Crippen molar-refractivity contribution in [1.29, 1.82) is 0 Å². The predicted molar refractivity (Wildman–Crippen MR) is 63.0 cm³/mol. The Kier molecular flexibility index (Phi) is 3.33. The molecule has 0 amide bonds. The largest absolute Gasteiger partial charge is 0.481 e. The number of hydrogen-bond acceptors (Lipinski definition) is 4. The minimum atomic E-state index is -1.19. The van der Waals surface area contributed by atoms with Gasteiger partial charge >= 0.3 is 5.97 Å². The second-order valence-electron chi connectivity index (χ2n) is 3.63. The average Bonchev–Trinajstić information content (AvgIpc) is 2.70. The van der Waals surface area contributed by atoms with E-state index in [4.69, 9.17) is 9.52 Å². The second kappa shape index (κ2) is 4.77. The number of para-hydroxylation sites is 1. The van der Waals surface area contributed by atoms with Crippen LogP contribution in [0.15, 0.2) is 22.6 Å². The first-order valence-corrected chi connectivity index (χ1v) is 5.43. The lowest BCUT2D eigenvalue weighted by Gasteiger charge is -2.04. The Morgan fingerprint density at radius 1 is 1.50 bits per heavy atom. The highest BCUT2D eigenvalue weighted by Crippen LogP contribution is 2.27. The first-order chi connectivity index (χ1) is 8.49. The highest BCUT2D eigenvalue weighted by molar-refractivity contribution is 7.96. The number of hydrogen-bond donors (Lipinski definition) is 2. The van der Waals surface area contributed by atoms with Gasteiger partial charge in [-0.05, 0) is 12.1 Å². The maximum absolute atomic E-state index is 13.4. The van der Waals surface area contributed by atoms with E-state index in [1.165, 1.54) is 18.2 Å². The van der Waals surface area contributed by atoms with Gasteiger partial charge < -0.3 is 9.52 Å². The number of oxazole rings is 1. The van der Waals surface area contributed by atoms with Gasteiger partial charge in [-0.3, -0.25) is 9.59 Å². The molecule has 2 rings (SSSR count). The van der Waals surface area contributed by atoms with Crippen LogP contribution in [0.2, 0.25) is 0 Å². The van der Waals surface area contributed by atoms with Crippen LogP contribution in [0.3, 0.4) is 0 Å². The van der Waals surface area contributed by atoms with E-state index in [1.54, 1.807) is 0 Å². The van der Waals surface area contributed by atoms with Crippen molar-refractivity contribution in [2.24, 2.45) is 0 Å². The fourth-order valence-corrected chi connectivity index (χ4v) is 1.74. The number of thiol groups is 1. The van der Waals surface area contributed by atoms with E-state index in [2.05, 4.69) is 17.6 Å². The van der Waals surface area contributed by atoms with Crippen molar-refractivity contribution in [3.63, 3.8) is 0 Å². The van der Waals surface area contributed by atoms with Crippen LogP contribution in [0.1, 0.15) is 18.2 Å². The summed E-state index contributed by atoms with van der Waals surface area (Å²) in [6.07, 6.45) is -0.503. The van der Waals surface area contributed by atoms with E-state index in [0.29, 0.717) is 0 Å². The maximum atomic E-state index is 13.4. The maximum Gasteiger partial charge on any atom is 0.304 e. The third kappa shape index (κ3) is 2.35. The Balaban J connectivity index is 2.48. The number of aliphatic carboxylic acids is 1. The monoisotopic (exact) mass is 269 g/mol. The van der Waals surface area contributed by atoms with Gasteiger partial charge in [-0.25, -0.2) is 9.37 Å². The number of rotatable bonds is 4. The molecule has 1 aromatic heterocycles. The smallest absolute Gasteiger partial charge is 0.304 e. The lowest BCUT2D eigenvalue weighted by Crippen LogP contribution is -2.12. The molecule has 0 saturated heterocycles. The number of carboxylic acid groups (broad SMARTS) is 1. The quantitative estimate of drug-likeness (QED) is 0.829. The van der Waals surface area contributed by atoms with Crippen LogP contribution in [0, 0.1) is 5.82 Å². The van der Waals surface area contributed by atoms with Crippen LogP contribution < -0.4 is 0 Å². The summed E-state index contributed by atoms with van der Waals surface area (Å²) < 4.78 is 18.6. The third-order valence-corrected chi connectivity index (χ3v) is 2.67. The van der Waals surface area contributed by atoms with Gasteiger partial charge in [0.25, 0.3) is 0 Å². The normalized spacial score (nSPS) is 12.6. The molecule has 0 aliphatic heterocycles. The SMILES string of the molecule is O=C(O)CC(C(=O)S)c1nc2c(F)cccc2o1. The molecule has 0 fully saturated rings. The zero-order chi connectivity index (χ0) is 13.3. The van der Waals surface area contributed by atoms with Crippen LogP contribution in [-0.4, -0.2) is 21.2 Å². The summed E-state index contributed by atoms with van der Waals surface area (Å²) in [7, 11) is 0. The van der Waals surface area contributed by atoms with Gasteiger partial charge in [-0.15, -0.1) is 12.6 Å². The number of carboxylic acids is 1. The summed E-state index contributed by atoms with van der Waals surface area (Å²) in [5, 5.41) is 8.00. The van der Waals surface area contributed by atoms with Crippen molar-refractivity contribution < 1.29 is 23.5 Å². The lowest BCUT2D eigenvalue weighted by atomic mass is 10.1. The van der Waals surface area contributed by atoms with Crippen LogP contribution >= 0.6 is 12.6 Å². The van der Waals surface area contributed by atoms with E-state index in [9.17, 15) is 14.0 Å². The summed E-state index contributed by atoms with van der Waals surface area (Å²) in [5.41, 5.74) is 0.132. The molecule has 0 aliphatic carbocycles. The molecule has 5 nitrogen and oxygen atoms in total. The molecule has 0 bridgehead atoms. The van der Waals surface area contributed by atoms with Crippen LogP contribution in [0.25, 0.3) is 11.1 Å². The van der Waals surface area contributed by atoms with Gasteiger partial charge in [0.1, 0.15) is 11.4 Å². The Labute approximate surface area is 106 Å². The number of halogens is 1. The van der Waals surface area contributed by atoms with Crippen molar-refractivity contribution in [2.75, 3.05) is 0 Å². The molecular formula is C11H8FNO4S. The highest BCUT2D eigenvalue weighted by atomic mass is 32.1. The molecule has 0 saturated carbocycles. The number of carbonyl (C=O) groups is 2. The van der Waals surface area contributed by atoms with Crippen molar-refractivity contribution in [3.8, 4) is 0 Å². The average molecular weight is 269 g/mol. The molecule has 7 heteroatoms. The van der Waals surface area contributed by atoms with Gasteiger partial charge in [0.2, 0.25) is 5.89 Å². The minimum Gasteiger partial charge on any atom is -0.481 e. The van der Waals surface area contributed by atoms with E-state index in [1.807, 2.05) is 0 Å². The number of carbonyl (C=O) groups excluding carboxylic acids is 1. The molecule has 0 radical (unpaired) electrons. The zero-order valence-electron chi connectivity index (χ0n) is 8.96. The number of benzene rings is 1. The topological polar surface area (TPSA) is 80.4 Å². The highest BCUT2D eigenvalue weighted by Gasteiger charge is 2.27. The van der Waals surface area contributed by atoms with Crippen molar-refractivity contribution in [3.05, 3.63) is 29.9 Å². The second-order valence-corrected chi connectivity index (χ2v) is 4.07. The van der Waals surface area contributed by atoms with Gasteiger partial charge in [0.05, 0.1) is 6.42 Å². The first kappa shape index (κ1) is 12.6. The molecule has 0 aliphatic rings. The van der Waals surface area contributed by atoms with Crippen LogP contribution in [0.5, 0.6) is 0 Å². The Bertz CT molecular complexity index is 625. The van der Waals surface area contributed by atoms with Crippen LogP contribution in [-0.2, 0) is 9.59 Å². The first-order valence-electron chi connectivity index (χ1n) is 4.98. The molecular weight excluding hydrogens is 261 g/mol. The van der Waals surface area contributed by atoms with Gasteiger partial charge in [0, 0.05) is 0 Å². The summed E-state index contributed by atoms with van der Waals surface area (Å²) in [5.74, 6) is -3.05. The summed E-state index contributed by atoms with van der Waals surface area (Å²) in [6, 6.07) is 4.11. The summed E-state index contributed by atoms with van der Waals surface area (Å²) in [4.78, 5) is 25.7. The third-order valence-electron chi connectivity index (χ3n) is 2.36. The van der Waals surface area contributed by atoms with Gasteiger partial charge in [-0.2, -0.15) is 0 Å². The number of nitrogens with zero attached hydrogens (tertiary/aromatic N) is 1. The molecule has 94 valence electrons. The van der Waals surface area contributed by atoms with E-state index in [-0.39, 0.29) is 17.0 Å². The minimum absolute atomic E-state index is 0.0301. The van der Waals surface area contributed by atoms with Crippen molar-refractivity contribution in [2.45, 2.75) is 12.3 Å². The summed E-state index contributed by atoms with van der Waals surface area (Å²) >= 11 is 3.59. The molecule has 1 atom stereocenters. The molecule has 2 aromatic rings. The summed E-state index contributed by atoms with van der Waals surface area (Å²) in [6.45, 7) is 0. The molecule has 1 aromatic carbocycles. The van der Waals surface area contributed by atoms with Crippen molar-refractivity contribution >= 4 is 34.8 Å². The lowest BCUT2D eigenvalue weighted by molar-refractivity contribution is -0.138. The molecule has 18 heavy (non-hydrogen) atoms. The van der Waals surface area contributed by atoms with Gasteiger partial charge in [0.15, 0.2) is 16.5 Å². The standard InChI is InChI=1S/C11H8FNO4S/c12-6-2-1-3-7-9(6)13-10(17-7)5(11(16)18)4-8(14)15/h1-3,5H,4H2,(H,14,15)(H,16,18). The van der Waals surface area contributed by atoms with E-state index in [0.717, 1.165) is 0 Å². The Morgan fingerprint density at radius 2 is 2.22 bits per heavy atom. The number of fused-ring (bicyclic) bond motifs is 1. The van der Waals surface area contributed by atoms with Gasteiger partial charge in [-0.1, -0.05) is 6.07 Å². The fraction of sp³-hybridized carbons (Fsp3) is 0.182. The fourth-order valence-electron chi connectivity index (χ4n) is 1.54. The van der Waals surface area contributed by atoms with Crippen molar-refractivity contribution in [1.82, 2.24) is 4.98 Å². The van der Waals surface area contributed by atoms with E-state index >= 15 is 0 Å².